The smallest absolute Gasteiger partial charge is 0.0665 e. The predicted molar refractivity (Wildman–Crippen MR) is 80.5 cm³/mol. The van der Waals surface area contributed by atoms with Crippen molar-refractivity contribution in [1.29, 1.82) is 0 Å². The Morgan fingerprint density at radius 2 is 1.89 bits per heavy atom. The highest BCUT2D eigenvalue weighted by Gasteiger charge is 2.17. The van der Waals surface area contributed by atoms with Crippen LogP contribution >= 0.6 is 0 Å². The fourth-order valence-corrected chi connectivity index (χ4v) is 2.79. The molecule has 2 rings (SSSR count). The van der Waals surface area contributed by atoms with Gasteiger partial charge in [-0.3, -0.25) is 0 Å². The summed E-state index contributed by atoms with van der Waals surface area (Å²) >= 11 is 0. The average molecular weight is 261 g/mol. The molecule has 1 aliphatic rings. The van der Waals surface area contributed by atoms with Crippen LogP contribution in [0.2, 0.25) is 0 Å². The minimum absolute atomic E-state index is 0.307. The van der Waals surface area contributed by atoms with Crippen molar-refractivity contribution in [3.63, 3.8) is 0 Å². The first-order chi connectivity index (χ1) is 9.20. The van der Waals surface area contributed by atoms with Crippen LogP contribution < -0.4 is 5.32 Å². The third kappa shape index (κ3) is 4.05. The van der Waals surface area contributed by atoms with Crippen LogP contribution in [0.1, 0.15) is 54.8 Å². The summed E-state index contributed by atoms with van der Waals surface area (Å²) in [7, 11) is 2.02. The summed E-state index contributed by atoms with van der Waals surface area (Å²) in [4.78, 5) is 0. The Balaban J connectivity index is 1.93. The zero-order valence-corrected chi connectivity index (χ0v) is 12.5. The third-order valence-corrected chi connectivity index (χ3v) is 4.33. The second kappa shape index (κ2) is 7.06. The second-order valence-corrected chi connectivity index (χ2v) is 5.78. The monoisotopic (exact) mass is 261 g/mol. The number of nitrogens with one attached hydrogen (secondary N) is 1. The molecule has 2 nitrogen and oxygen atoms in total. The molecule has 0 heterocycles. The van der Waals surface area contributed by atoms with Crippen molar-refractivity contribution in [3.05, 3.63) is 34.9 Å². The number of benzene rings is 1. The van der Waals surface area contributed by atoms with E-state index in [2.05, 4.69) is 37.4 Å². The molecular weight excluding hydrogens is 234 g/mol. The molecule has 1 saturated carbocycles. The molecule has 0 radical (unpaired) electrons. The summed E-state index contributed by atoms with van der Waals surface area (Å²) < 4.78 is 6.10. The van der Waals surface area contributed by atoms with Gasteiger partial charge in [0.25, 0.3) is 0 Å². The Bertz CT molecular complexity index is 396. The van der Waals surface area contributed by atoms with Crippen LogP contribution in [0.25, 0.3) is 0 Å². The molecule has 2 heteroatoms. The molecule has 0 saturated heterocycles. The van der Waals surface area contributed by atoms with E-state index in [0.717, 1.165) is 6.61 Å². The maximum Gasteiger partial charge on any atom is 0.0665 e. The lowest BCUT2D eigenvalue weighted by Gasteiger charge is -2.25. The molecule has 0 amide bonds. The van der Waals surface area contributed by atoms with Crippen molar-refractivity contribution in [1.82, 2.24) is 5.32 Å². The minimum Gasteiger partial charge on any atom is -0.376 e. The van der Waals surface area contributed by atoms with Crippen molar-refractivity contribution in [2.75, 3.05) is 13.7 Å². The lowest BCUT2D eigenvalue weighted by molar-refractivity contribution is 0.0165. The number of ether oxygens (including phenoxy) is 1. The van der Waals surface area contributed by atoms with E-state index in [1.54, 1.807) is 0 Å². The van der Waals surface area contributed by atoms with Crippen LogP contribution in [0, 0.1) is 13.8 Å². The van der Waals surface area contributed by atoms with Gasteiger partial charge in [0.1, 0.15) is 0 Å². The summed E-state index contributed by atoms with van der Waals surface area (Å²) in [6.07, 6.45) is 7.01. The molecule has 1 aromatic carbocycles. The predicted octanol–water partition coefficient (Wildman–Crippen LogP) is 3.91. The van der Waals surface area contributed by atoms with E-state index in [4.69, 9.17) is 4.74 Å². The summed E-state index contributed by atoms with van der Waals surface area (Å²) in [5.74, 6) is 0. The lowest BCUT2D eigenvalue weighted by Crippen LogP contribution is -2.26. The molecule has 1 aromatic rings. The molecule has 1 aliphatic carbocycles. The topological polar surface area (TPSA) is 21.3 Å². The number of rotatable bonds is 5. The van der Waals surface area contributed by atoms with Crippen LogP contribution in [0.4, 0.5) is 0 Å². The zero-order chi connectivity index (χ0) is 13.7. The number of aryl methyl sites for hydroxylation is 2. The van der Waals surface area contributed by atoms with E-state index in [0.29, 0.717) is 12.1 Å². The van der Waals surface area contributed by atoms with Crippen LogP contribution in [-0.4, -0.2) is 19.8 Å². The Kier molecular flexibility index (Phi) is 5.41. The van der Waals surface area contributed by atoms with Gasteiger partial charge >= 0.3 is 0 Å². The molecule has 1 unspecified atom stereocenters. The van der Waals surface area contributed by atoms with E-state index >= 15 is 0 Å². The van der Waals surface area contributed by atoms with Crippen LogP contribution in [0.5, 0.6) is 0 Å². The van der Waals surface area contributed by atoms with Gasteiger partial charge in [-0.2, -0.15) is 0 Å². The van der Waals surface area contributed by atoms with Gasteiger partial charge in [-0.1, -0.05) is 37.5 Å². The van der Waals surface area contributed by atoms with E-state index in [-0.39, 0.29) is 0 Å². The first-order valence-corrected chi connectivity index (χ1v) is 7.56. The van der Waals surface area contributed by atoms with Gasteiger partial charge in [0.2, 0.25) is 0 Å². The van der Waals surface area contributed by atoms with E-state index in [1.807, 2.05) is 7.05 Å². The largest absolute Gasteiger partial charge is 0.376 e. The minimum atomic E-state index is 0.307. The van der Waals surface area contributed by atoms with Gasteiger partial charge < -0.3 is 10.1 Å². The third-order valence-electron chi connectivity index (χ3n) is 4.33. The summed E-state index contributed by atoms with van der Waals surface area (Å²) in [6, 6.07) is 7.01. The molecular formula is C17H27NO. The van der Waals surface area contributed by atoms with E-state index in [1.165, 1.54) is 48.8 Å². The molecule has 19 heavy (non-hydrogen) atoms. The van der Waals surface area contributed by atoms with Crippen molar-refractivity contribution in [2.24, 2.45) is 0 Å². The highest BCUT2D eigenvalue weighted by Crippen LogP contribution is 2.23. The second-order valence-electron chi connectivity index (χ2n) is 5.78. The van der Waals surface area contributed by atoms with E-state index < -0.39 is 0 Å². The van der Waals surface area contributed by atoms with Gasteiger partial charge in [-0.25, -0.2) is 0 Å². The molecule has 106 valence electrons. The van der Waals surface area contributed by atoms with Gasteiger partial charge in [-0.15, -0.1) is 0 Å². The highest BCUT2D eigenvalue weighted by atomic mass is 16.5. The Hall–Kier alpha value is -0.860. The fraction of sp³-hybridized carbons (Fsp3) is 0.647. The number of hydrogen-bond donors (Lipinski definition) is 1. The molecule has 1 fully saturated rings. The van der Waals surface area contributed by atoms with Crippen molar-refractivity contribution < 1.29 is 4.74 Å². The van der Waals surface area contributed by atoms with Crippen LogP contribution in [0.3, 0.4) is 0 Å². The quantitative estimate of drug-likeness (QED) is 0.867. The van der Waals surface area contributed by atoms with Gasteiger partial charge in [0.15, 0.2) is 0 Å². The molecule has 1 atom stereocenters. The van der Waals surface area contributed by atoms with Gasteiger partial charge in [0, 0.05) is 0 Å². The highest BCUT2D eigenvalue weighted by molar-refractivity contribution is 5.31. The summed E-state index contributed by atoms with van der Waals surface area (Å²) in [5, 5.41) is 3.38. The molecule has 1 N–H and O–H groups in total. The van der Waals surface area contributed by atoms with Crippen molar-refractivity contribution in [3.8, 4) is 0 Å². The van der Waals surface area contributed by atoms with Crippen LogP contribution in [-0.2, 0) is 4.74 Å². The van der Waals surface area contributed by atoms with Crippen LogP contribution in [0.15, 0.2) is 18.2 Å². The lowest BCUT2D eigenvalue weighted by atomic mass is 9.97. The Labute approximate surface area is 117 Å². The van der Waals surface area contributed by atoms with E-state index in [9.17, 15) is 0 Å². The average Bonchev–Trinajstić information content (AvgIpc) is 2.44. The number of hydrogen-bond acceptors (Lipinski definition) is 2. The zero-order valence-electron chi connectivity index (χ0n) is 12.5. The molecule has 0 spiro atoms. The van der Waals surface area contributed by atoms with Crippen molar-refractivity contribution in [2.45, 2.75) is 58.1 Å². The standard InChI is InChI=1S/C17H27NO/c1-13-9-10-15(11-14(13)2)17(18-3)12-19-16-7-5-4-6-8-16/h9-11,16-18H,4-8,12H2,1-3H3. The SMILES string of the molecule is CNC(COC1CCCCC1)c1ccc(C)c(C)c1. The summed E-state index contributed by atoms with van der Waals surface area (Å²) in [5.41, 5.74) is 4.05. The molecule has 0 aliphatic heterocycles. The Morgan fingerprint density at radius 1 is 1.16 bits per heavy atom. The maximum absolute atomic E-state index is 6.10. The summed E-state index contributed by atoms with van der Waals surface area (Å²) in [6.45, 7) is 5.11. The Morgan fingerprint density at radius 3 is 2.53 bits per heavy atom. The van der Waals surface area contributed by atoms with Gasteiger partial charge in [0.05, 0.1) is 18.8 Å². The number of likely N-dealkylation sites (N-methyl/N-ethyl adjacent to an activating group) is 1. The molecule has 0 bridgehead atoms. The molecule has 0 aromatic heterocycles. The van der Waals surface area contributed by atoms with Crippen molar-refractivity contribution >= 4 is 0 Å². The maximum atomic E-state index is 6.10. The first kappa shape index (κ1) is 14.5. The fourth-order valence-electron chi connectivity index (χ4n) is 2.79. The normalized spacial score (nSPS) is 18.5. The van der Waals surface area contributed by atoms with Gasteiger partial charge in [-0.05, 0) is 50.4 Å². The first-order valence-electron chi connectivity index (χ1n) is 7.56.